The summed E-state index contributed by atoms with van der Waals surface area (Å²) in [7, 11) is 0. The number of aromatic hydroxyl groups is 2. The molecule has 0 heterocycles. The van der Waals surface area contributed by atoms with Gasteiger partial charge in [0.2, 0.25) is 0 Å². The highest BCUT2D eigenvalue weighted by molar-refractivity contribution is 5.41. The van der Waals surface area contributed by atoms with E-state index in [0.717, 1.165) is 0 Å². The number of para-hydroxylation sites is 2. The van der Waals surface area contributed by atoms with Gasteiger partial charge in [-0.15, -0.1) is 0 Å². The lowest BCUT2D eigenvalue weighted by atomic mass is 10.0. The van der Waals surface area contributed by atoms with Crippen molar-refractivity contribution in [2.75, 3.05) is 0 Å². The van der Waals surface area contributed by atoms with Crippen molar-refractivity contribution in [1.82, 2.24) is 0 Å². The molecule has 0 aromatic heterocycles. The van der Waals surface area contributed by atoms with Crippen molar-refractivity contribution in [2.45, 2.75) is 6.37 Å². The van der Waals surface area contributed by atoms with Crippen LogP contribution in [0.25, 0.3) is 0 Å². The number of phenols is 2. The molecule has 2 N–H and O–H groups in total. The third-order valence-corrected chi connectivity index (χ3v) is 1.59. The predicted molar refractivity (Wildman–Crippen MR) is 59.0 cm³/mol. The monoisotopic (exact) mass is 210 g/mol. The first-order chi connectivity index (χ1) is 11.4. The Balaban J connectivity index is 2.96. The molecule has 0 atom stereocenters. The zero-order valence-corrected chi connectivity index (χ0v) is 7.39. The molecule has 0 fully saturated rings. The van der Waals surface area contributed by atoms with Gasteiger partial charge >= 0.3 is 0 Å². The first-order valence-corrected chi connectivity index (χ1v) is 3.95. The smallest absolute Gasteiger partial charge is 0.119 e. The Kier molecular flexibility index (Phi) is 0.883. The lowest BCUT2D eigenvalue weighted by molar-refractivity contribution is 0.463. The van der Waals surface area contributed by atoms with Crippen molar-refractivity contribution in [3.05, 3.63) is 59.5 Å². The molecule has 0 unspecified atom stereocenters. The average Bonchev–Trinajstić information content (AvgIpc) is 2.54. The number of hydrogen-bond acceptors (Lipinski definition) is 2. The van der Waals surface area contributed by atoms with E-state index in [1.165, 1.54) is 0 Å². The Morgan fingerprint density at radius 2 is 1.27 bits per heavy atom. The molecule has 2 nitrogen and oxygen atoms in total. The van der Waals surface area contributed by atoms with Gasteiger partial charge in [0.05, 0.1) is 11.0 Å². The third-order valence-electron chi connectivity index (χ3n) is 1.59. The van der Waals surface area contributed by atoms with Gasteiger partial charge in [-0.1, -0.05) is 36.3 Å². The molecule has 0 amide bonds. The predicted octanol–water partition coefficient (Wildman–Crippen LogP) is 2.69. The molecule has 76 valence electrons. The topological polar surface area (TPSA) is 40.5 Å². The van der Waals surface area contributed by atoms with E-state index < -0.39 is 77.3 Å². The molecule has 2 heteroatoms. The second-order valence-electron chi connectivity index (χ2n) is 2.57. The van der Waals surface area contributed by atoms with Crippen LogP contribution in [-0.4, -0.2) is 10.2 Å². The Morgan fingerprint density at radius 3 is 1.73 bits per heavy atom. The molecule has 0 bridgehead atoms. The summed E-state index contributed by atoms with van der Waals surface area (Å²) < 4.78 is 77.2. The Morgan fingerprint density at radius 1 is 0.867 bits per heavy atom. The van der Waals surface area contributed by atoms with E-state index in [2.05, 4.69) is 0 Å². The van der Waals surface area contributed by atoms with E-state index in [1.54, 1.807) is 0 Å². The van der Waals surface area contributed by atoms with E-state index in [9.17, 15) is 10.2 Å². The normalized spacial score (nSPS) is 20.5. The lowest BCUT2D eigenvalue weighted by Gasteiger charge is -2.05. The Labute approximate surface area is 102 Å². The Hall–Kier alpha value is -1.96. The SMILES string of the molecule is [2H]c1c([2H])c([2H])c(C([2H])([2H])c2c([2H])c([2H])c([2H])c([2H])c2O)c(O)c1[2H]. The quantitative estimate of drug-likeness (QED) is 0.800. The van der Waals surface area contributed by atoms with Crippen LogP contribution in [0.1, 0.15) is 24.8 Å². The zero-order valence-electron chi connectivity index (χ0n) is 17.4. The van der Waals surface area contributed by atoms with Crippen molar-refractivity contribution < 1.29 is 23.9 Å². The van der Waals surface area contributed by atoms with Crippen LogP contribution < -0.4 is 0 Å². The molecular weight excluding hydrogens is 188 g/mol. The minimum absolute atomic E-state index is 0.791. The van der Waals surface area contributed by atoms with Crippen LogP contribution in [0, 0.1) is 0 Å². The summed E-state index contributed by atoms with van der Waals surface area (Å²) in [4.78, 5) is 0. The molecule has 2 aromatic rings. The molecular formula is C13H12O2. The second-order valence-corrected chi connectivity index (χ2v) is 2.57. The molecule has 0 aliphatic rings. The maximum atomic E-state index is 10.0. The van der Waals surface area contributed by atoms with Gasteiger partial charge in [-0.05, 0) is 23.2 Å². The first-order valence-electron chi connectivity index (χ1n) is 8.95. The summed E-state index contributed by atoms with van der Waals surface area (Å²) >= 11 is 0. The molecule has 0 saturated heterocycles. The van der Waals surface area contributed by atoms with Crippen LogP contribution in [-0.2, 0) is 6.37 Å². The maximum absolute atomic E-state index is 10.0. The average molecular weight is 210 g/mol. The van der Waals surface area contributed by atoms with Gasteiger partial charge in [0.25, 0.3) is 0 Å². The third kappa shape index (κ3) is 2.10. The van der Waals surface area contributed by atoms with Gasteiger partial charge in [0.15, 0.2) is 0 Å². The van der Waals surface area contributed by atoms with Gasteiger partial charge in [0.1, 0.15) is 11.5 Å². The highest BCUT2D eigenvalue weighted by atomic mass is 16.3. The molecule has 0 saturated carbocycles. The molecule has 0 aliphatic carbocycles. The first kappa shape index (κ1) is 3.27. The van der Waals surface area contributed by atoms with Crippen molar-refractivity contribution >= 4 is 0 Å². The molecule has 2 aromatic carbocycles. The minimum Gasteiger partial charge on any atom is -0.508 e. The van der Waals surface area contributed by atoms with Crippen LogP contribution in [0.2, 0.25) is 0 Å². The lowest BCUT2D eigenvalue weighted by Crippen LogP contribution is -1.88. The number of phenolic OH excluding ortho intramolecular Hbond substituents is 2. The second kappa shape index (κ2) is 4.05. The van der Waals surface area contributed by atoms with Crippen LogP contribution in [0.5, 0.6) is 11.5 Å². The van der Waals surface area contributed by atoms with Crippen LogP contribution in [0.4, 0.5) is 0 Å². The van der Waals surface area contributed by atoms with E-state index >= 15 is 0 Å². The van der Waals surface area contributed by atoms with Gasteiger partial charge in [0, 0.05) is 9.11 Å². The van der Waals surface area contributed by atoms with Gasteiger partial charge < -0.3 is 10.2 Å². The van der Waals surface area contributed by atoms with Crippen LogP contribution in [0.15, 0.2) is 48.3 Å². The number of hydrogen-bond donors (Lipinski definition) is 2. The minimum atomic E-state index is -3.03. The van der Waals surface area contributed by atoms with E-state index in [0.29, 0.717) is 0 Å². The molecule has 0 spiro atoms. The fourth-order valence-corrected chi connectivity index (χ4v) is 0.918. The molecule has 0 radical (unpaired) electrons. The summed E-state index contributed by atoms with van der Waals surface area (Å²) in [6.07, 6.45) is -3.03. The molecule has 0 aliphatic heterocycles. The number of rotatable bonds is 2. The van der Waals surface area contributed by atoms with Crippen LogP contribution >= 0.6 is 0 Å². The van der Waals surface area contributed by atoms with Crippen molar-refractivity contribution in [1.29, 1.82) is 0 Å². The summed E-state index contributed by atoms with van der Waals surface area (Å²) in [5, 5.41) is 20.1. The standard InChI is InChI=1S/C13H12O2/c14-12-7-3-1-5-10(12)9-11-6-2-4-8-13(11)15/h1-8,14-15H,9H2/i1D,2D,3D,4D,5D,6D,7D,8D,9D2. The Bertz CT molecular complexity index is 764. The molecule has 2 rings (SSSR count). The summed E-state index contributed by atoms with van der Waals surface area (Å²) in [5.74, 6) is -2.22. The summed E-state index contributed by atoms with van der Waals surface area (Å²) in [6.45, 7) is 0. The fraction of sp³-hybridized carbons (Fsp3) is 0.0769. The highest BCUT2D eigenvalue weighted by Gasteiger charge is 2.04. The largest absolute Gasteiger partial charge is 0.508 e. The maximum Gasteiger partial charge on any atom is 0.119 e. The summed E-state index contributed by atoms with van der Waals surface area (Å²) in [6, 6.07) is -6.89. The van der Waals surface area contributed by atoms with Crippen molar-refractivity contribution in [3.8, 4) is 11.5 Å². The van der Waals surface area contributed by atoms with Crippen molar-refractivity contribution in [2.24, 2.45) is 0 Å². The van der Waals surface area contributed by atoms with E-state index in [4.69, 9.17) is 13.7 Å². The zero-order chi connectivity index (χ0) is 19.4. The van der Waals surface area contributed by atoms with E-state index in [-0.39, 0.29) is 0 Å². The highest BCUT2D eigenvalue weighted by Crippen LogP contribution is 2.24. The van der Waals surface area contributed by atoms with Gasteiger partial charge in [-0.2, -0.15) is 0 Å². The number of benzene rings is 2. The fourth-order valence-electron chi connectivity index (χ4n) is 0.918. The van der Waals surface area contributed by atoms with Gasteiger partial charge in [-0.25, -0.2) is 0 Å². The van der Waals surface area contributed by atoms with Crippen molar-refractivity contribution in [3.63, 3.8) is 0 Å². The van der Waals surface area contributed by atoms with Crippen LogP contribution in [0.3, 0.4) is 0 Å². The molecule has 15 heavy (non-hydrogen) atoms. The van der Waals surface area contributed by atoms with E-state index in [1.807, 2.05) is 0 Å². The summed E-state index contributed by atoms with van der Waals surface area (Å²) in [5.41, 5.74) is -1.86. The van der Waals surface area contributed by atoms with Gasteiger partial charge in [-0.3, -0.25) is 0 Å².